The number of rotatable bonds is 7. The topological polar surface area (TPSA) is 66.0 Å². The highest BCUT2D eigenvalue weighted by Crippen LogP contribution is 2.32. The first-order valence-electron chi connectivity index (χ1n) is 8.28. The van der Waals surface area contributed by atoms with E-state index in [2.05, 4.69) is 5.32 Å². The van der Waals surface area contributed by atoms with Gasteiger partial charge in [-0.1, -0.05) is 24.3 Å². The highest BCUT2D eigenvalue weighted by molar-refractivity contribution is 5.77. The van der Waals surface area contributed by atoms with Crippen molar-refractivity contribution in [3.8, 4) is 23.0 Å². The van der Waals surface area contributed by atoms with Gasteiger partial charge in [-0.2, -0.15) is 0 Å². The molecule has 1 aliphatic rings. The Balaban J connectivity index is 1.52. The van der Waals surface area contributed by atoms with E-state index < -0.39 is 0 Å². The van der Waals surface area contributed by atoms with Gasteiger partial charge in [0.05, 0.1) is 7.11 Å². The number of methoxy groups -OCH3 is 1. The Hall–Kier alpha value is -3.15. The van der Waals surface area contributed by atoms with Crippen molar-refractivity contribution in [2.75, 3.05) is 20.5 Å². The van der Waals surface area contributed by atoms with E-state index in [1.807, 2.05) is 49.4 Å². The average molecular weight is 355 g/mol. The second-order valence-corrected chi connectivity index (χ2v) is 5.66. The van der Waals surface area contributed by atoms with Gasteiger partial charge in [-0.15, -0.1) is 0 Å². The van der Waals surface area contributed by atoms with E-state index in [9.17, 15) is 4.79 Å². The van der Waals surface area contributed by atoms with Gasteiger partial charge in [0.25, 0.3) is 5.91 Å². The fraction of sp³-hybridized carbons (Fsp3) is 0.250. The molecule has 0 unspecified atom stereocenters. The number of allylic oxidation sites excluding steroid dienone is 1. The van der Waals surface area contributed by atoms with Crippen molar-refractivity contribution in [1.29, 1.82) is 0 Å². The Morgan fingerprint density at radius 1 is 1.15 bits per heavy atom. The molecule has 2 aromatic carbocycles. The number of nitrogens with one attached hydrogen (secondary N) is 1. The number of amides is 1. The van der Waals surface area contributed by atoms with Gasteiger partial charge in [-0.3, -0.25) is 4.79 Å². The third-order valence-corrected chi connectivity index (χ3v) is 3.83. The maximum Gasteiger partial charge on any atom is 0.258 e. The largest absolute Gasteiger partial charge is 0.493 e. The van der Waals surface area contributed by atoms with Crippen molar-refractivity contribution in [2.45, 2.75) is 13.5 Å². The molecule has 26 heavy (non-hydrogen) atoms. The molecule has 1 aliphatic heterocycles. The zero-order valence-electron chi connectivity index (χ0n) is 14.8. The van der Waals surface area contributed by atoms with Gasteiger partial charge in [0.15, 0.2) is 29.6 Å². The van der Waals surface area contributed by atoms with Crippen molar-refractivity contribution in [3.63, 3.8) is 0 Å². The van der Waals surface area contributed by atoms with E-state index in [-0.39, 0.29) is 19.3 Å². The Morgan fingerprint density at radius 3 is 2.81 bits per heavy atom. The summed E-state index contributed by atoms with van der Waals surface area (Å²) in [6.45, 7) is 2.47. The van der Waals surface area contributed by atoms with E-state index in [4.69, 9.17) is 18.9 Å². The lowest BCUT2D eigenvalue weighted by molar-refractivity contribution is -0.123. The predicted molar refractivity (Wildman–Crippen MR) is 97.6 cm³/mol. The molecule has 0 saturated heterocycles. The first-order valence-corrected chi connectivity index (χ1v) is 8.28. The first kappa shape index (κ1) is 17.7. The minimum atomic E-state index is -0.220. The van der Waals surface area contributed by atoms with Crippen molar-refractivity contribution in [3.05, 3.63) is 53.6 Å². The number of carbonyl (C=O) groups is 1. The minimum absolute atomic E-state index is 0.0934. The first-order chi connectivity index (χ1) is 12.7. The molecular weight excluding hydrogens is 334 g/mol. The summed E-state index contributed by atoms with van der Waals surface area (Å²) in [6, 6.07) is 11.1. The number of benzene rings is 2. The Bertz CT molecular complexity index is 816. The lowest BCUT2D eigenvalue weighted by Crippen LogP contribution is -2.28. The van der Waals surface area contributed by atoms with Crippen molar-refractivity contribution in [1.82, 2.24) is 5.32 Å². The lowest BCUT2D eigenvalue weighted by Gasteiger charge is -2.11. The molecule has 0 aromatic heterocycles. The van der Waals surface area contributed by atoms with Crippen LogP contribution in [0, 0.1) is 0 Å². The summed E-state index contributed by atoms with van der Waals surface area (Å²) in [6.07, 6.45) is 3.91. The summed E-state index contributed by atoms with van der Waals surface area (Å²) in [4.78, 5) is 12.0. The van der Waals surface area contributed by atoms with E-state index >= 15 is 0 Å². The van der Waals surface area contributed by atoms with Crippen LogP contribution < -0.4 is 24.3 Å². The van der Waals surface area contributed by atoms with Crippen LogP contribution in [-0.4, -0.2) is 26.4 Å². The summed E-state index contributed by atoms with van der Waals surface area (Å²) in [7, 11) is 1.57. The van der Waals surface area contributed by atoms with Crippen molar-refractivity contribution in [2.24, 2.45) is 0 Å². The van der Waals surface area contributed by atoms with Crippen LogP contribution in [0.4, 0.5) is 0 Å². The number of ether oxygens (including phenoxy) is 4. The van der Waals surface area contributed by atoms with Crippen LogP contribution in [0.5, 0.6) is 23.0 Å². The zero-order valence-corrected chi connectivity index (χ0v) is 14.8. The smallest absolute Gasteiger partial charge is 0.258 e. The standard InChI is InChI=1S/C20H21NO5/c1-3-4-14-5-7-16(18(9-14)23-2)24-12-20(22)21-11-15-6-8-17-19(10-15)26-13-25-17/h3-10H,11-13H2,1-2H3,(H,21,22)/b4-3+. The molecule has 3 rings (SSSR count). The van der Waals surface area contributed by atoms with Gasteiger partial charge in [0, 0.05) is 6.54 Å². The van der Waals surface area contributed by atoms with Gasteiger partial charge in [0.2, 0.25) is 6.79 Å². The van der Waals surface area contributed by atoms with Gasteiger partial charge in [0.1, 0.15) is 0 Å². The van der Waals surface area contributed by atoms with E-state index in [1.165, 1.54) is 0 Å². The fourth-order valence-corrected chi connectivity index (χ4v) is 2.55. The highest BCUT2D eigenvalue weighted by atomic mass is 16.7. The van der Waals surface area contributed by atoms with Gasteiger partial charge >= 0.3 is 0 Å². The molecule has 0 saturated carbocycles. The summed E-state index contributed by atoms with van der Waals surface area (Å²) in [5, 5.41) is 2.82. The monoisotopic (exact) mass is 355 g/mol. The van der Waals surface area contributed by atoms with Crippen LogP contribution in [0.15, 0.2) is 42.5 Å². The quantitative estimate of drug-likeness (QED) is 0.826. The molecule has 0 spiro atoms. The molecule has 6 nitrogen and oxygen atoms in total. The molecule has 1 N–H and O–H groups in total. The zero-order chi connectivity index (χ0) is 18.4. The third-order valence-electron chi connectivity index (χ3n) is 3.83. The Kier molecular flexibility index (Phi) is 5.63. The van der Waals surface area contributed by atoms with Gasteiger partial charge in [-0.25, -0.2) is 0 Å². The lowest BCUT2D eigenvalue weighted by atomic mass is 10.2. The van der Waals surface area contributed by atoms with Crippen LogP contribution in [-0.2, 0) is 11.3 Å². The van der Waals surface area contributed by atoms with E-state index in [0.717, 1.165) is 16.9 Å². The predicted octanol–water partition coefficient (Wildman–Crippen LogP) is 3.15. The molecule has 1 heterocycles. The van der Waals surface area contributed by atoms with E-state index in [1.54, 1.807) is 13.2 Å². The Morgan fingerprint density at radius 2 is 2.00 bits per heavy atom. The summed E-state index contributed by atoms with van der Waals surface area (Å²) >= 11 is 0. The van der Waals surface area contributed by atoms with Crippen LogP contribution in [0.1, 0.15) is 18.1 Å². The molecule has 1 amide bonds. The second kappa shape index (κ2) is 8.29. The number of fused-ring (bicyclic) bond motifs is 1. The summed E-state index contributed by atoms with van der Waals surface area (Å²) in [5.74, 6) is 2.31. The molecule has 0 atom stereocenters. The van der Waals surface area contributed by atoms with Crippen LogP contribution >= 0.6 is 0 Å². The SMILES string of the molecule is C/C=C/c1ccc(OCC(=O)NCc2ccc3c(c2)OCO3)c(OC)c1. The molecule has 0 fully saturated rings. The normalized spacial score (nSPS) is 12.2. The van der Waals surface area contributed by atoms with Gasteiger partial charge < -0.3 is 24.3 Å². The van der Waals surface area contributed by atoms with Crippen molar-refractivity contribution >= 4 is 12.0 Å². The molecule has 2 aromatic rings. The average Bonchev–Trinajstić information content (AvgIpc) is 3.13. The molecule has 0 radical (unpaired) electrons. The summed E-state index contributed by atoms with van der Waals surface area (Å²) < 4.78 is 21.5. The van der Waals surface area contributed by atoms with Crippen LogP contribution in [0.2, 0.25) is 0 Å². The second-order valence-electron chi connectivity index (χ2n) is 5.66. The van der Waals surface area contributed by atoms with Gasteiger partial charge in [-0.05, 0) is 42.3 Å². The summed E-state index contributed by atoms with van der Waals surface area (Å²) in [5.41, 5.74) is 1.93. The van der Waals surface area contributed by atoms with E-state index in [0.29, 0.717) is 23.8 Å². The van der Waals surface area contributed by atoms with Crippen LogP contribution in [0.3, 0.4) is 0 Å². The molecule has 0 bridgehead atoms. The fourth-order valence-electron chi connectivity index (χ4n) is 2.55. The molecular formula is C20H21NO5. The molecule has 6 heteroatoms. The van der Waals surface area contributed by atoms with Crippen molar-refractivity contribution < 1.29 is 23.7 Å². The highest BCUT2D eigenvalue weighted by Gasteiger charge is 2.13. The maximum absolute atomic E-state index is 12.0. The number of carbonyl (C=O) groups excluding carboxylic acids is 1. The van der Waals surface area contributed by atoms with Crippen LogP contribution in [0.25, 0.3) is 6.08 Å². The number of hydrogen-bond donors (Lipinski definition) is 1. The minimum Gasteiger partial charge on any atom is -0.493 e. The number of hydrogen-bond acceptors (Lipinski definition) is 5. The Labute approximate surface area is 152 Å². The molecule has 136 valence electrons. The maximum atomic E-state index is 12.0. The third kappa shape index (κ3) is 4.27. The molecule has 0 aliphatic carbocycles.